The third-order valence-electron chi connectivity index (χ3n) is 22.1. The summed E-state index contributed by atoms with van der Waals surface area (Å²) in [6, 6.07) is 67.4. The molecule has 16 aromatic rings. The maximum Gasteiger partial charge on any atom is 0.0936 e. The van der Waals surface area contributed by atoms with E-state index in [1.165, 1.54) is 22.3 Å². The van der Waals surface area contributed by atoms with Crippen LogP contribution in [0.2, 0.25) is 0 Å². The van der Waals surface area contributed by atoms with Crippen LogP contribution < -0.4 is 19.6 Å². The molecule has 0 radical (unpaired) electrons. The molecule has 538 valence electrons. The maximum absolute atomic E-state index is 5.48. The predicted octanol–water partition coefficient (Wildman–Crippen LogP) is 25.9. The van der Waals surface area contributed by atoms with Crippen molar-refractivity contribution < 1.29 is 0 Å². The lowest BCUT2D eigenvalue weighted by Crippen LogP contribution is -2.20. The number of hydrogen-bond donors (Lipinski definition) is 0. The van der Waals surface area contributed by atoms with Crippen LogP contribution in [0.15, 0.2) is 207 Å². The molecule has 108 heavy (non-hydrogen) atoms. The van der Waals surface area contributed by atoms with Crippen LogP contribution in [0.1, 0.15) is 150 Å². The summed E-state index contributed by atoms with van der Waals surface area (Å²) < 4.78 is 0. The Morgan fingerprint density at radius 3 is 0.620 bits per heavy atom. The average molecular weight is 1420 g/mol. The van der Waals surface area contributed by atoms with E-state index < -0.39 is 0 Å². The number of pyridine rings is 8. The van der Waals surface area contributed by atoms with Gasteiger partial charge in [0, 0.05) is 102 Å². The number of aryl methyl sites for hydroxylation is 8. The lowest BCUT2D eigenvalue weighted by molar-refractivity contribution is 0.590. The van der Waals surface area contributed by atoms with Crippen molar-refractivity contribution in [2.45, 2.75) is 160 Å². The summed E-state index contributed by atoms with van der Waals surface area (Å²) in [6.45, 7) is 44.8. The van der Waals surface area contributed by atoms with E-state index in [0.29, 0.717) is 0 Å². The summed E-state index contributed by atoms with van der Waals surface area (Å²) in [5.41, 5.74) is 30.0. The van der Waals surface area contributed by atoms with Gasteiger partial charge in [0.1, 0.15) is 0 Å². The zero-order valence-electron chi connectivity index (χ0n) is 66.0. The third-order valence-corrected chi connectivity index (χ3v) is 22.1. The minimum absolute atomic E-state index is 0.126. The number of nitrogens with zero attached hydrogens (tertiary/aromatic N) is 12. The quantitative estimate of drug-likeness (QED) is 0.108. The number of anilines is 12. The number of aromatic nitrogens is 8. The molecular formula is C96H94N12. The van der Waals surface area contributed by atoms with Crippen molar-refractivity contribution >= 4 is 145 Å². The Bertz CT molecular complexity index is 5500. The minimum Gasteiger partial charge on any atom is -0.308 e. The highest BCUT2D eigenvalue weighted by atomic mass is 15.2. The van der Waals surface area contributed by atoms with Gasteiger partial charge in [-0.25, -0.2) is 19.9 Å². The van der Waals surface area contributed by atoms with Crippen LogP contribution in [0.4, 0.5) is 68.2 Å². The maximum atomic E-state index is 5.48. The molecule has 12 heteroatoms. The molecule has 8 aromatic heterocycles. The van der Waals surface area contributed by atoms with Gasteiger partial charge >= 0.3 is 0 Å². The predicted molar refractivity (Wildman–Crippen MR) is 454 cm³/mol. The normalized spacial score (nSPS) is 12.4. The standard InChI is InChI=1S/C96H94N12/c1-55-85-75(25-21-49-97-85)101-59(5)89(55)105(67-37-29-63(30-38-67)93(9,10)11)79-53-80(106(68-39-31-64(32-40-68)94(12,13)14)90-56(2)86-76(102-60(90)6)26-22-50-98-86)72-47-48-74-82(108(70-43-35-66(36-44-70)96(18,19)20)92-58(4)88-78(104-62(92)8)28-24-52-100-88)54-81(73-46-45-71(79)83(72)84(73)74)107(69-41-33-65(34-42-69)95(15,16)17)91-57(3)87-77(103-61(91)7)27-23-51-99-87/h21-54H,1-20H3. The zero-order chi connectivity index (χ0) is 75.9. The molecule has 0 bridgehead atoms. The van der Waals surface area contributed by atoms with Crippen LogP contribution in [-0.4, -0.2) is 39.9 Å². The molecule has 16 rings (SSSR count). The van der Waals surface area contributed by atoms with Crippen molar-refractivity contribution in [3.05, 3.63) is 274 Å². The first-order valence-corrected chi connectivity index (χ1v) is 37.7. The number of hydrogen-bond acceptors (Lipinski definition) is 12. The lowest BCUT2D eigenvalue weighted by Gasteiger charge is -2.36. The number of rotatable bonds is 12. The van der Waals surface area contributed by atoms with Crippen molar-refractivity contribution in [3.63, 3.8) is 0 Å². The van der Waals surface area contributed by atoms with Gasteiger partial charge in [0.15, 0.2) is 0 Å². The van der Waals surface area contributed by atoms with Crippen LogP contribution in [0.5, 0.6) is 0 Å². The van der Waals surface area contributed by atoms with Crippen LogP contribution in [0, 0.1) is 55.4 Å². The molecule has 12 nitrogen and oxygen atoms in total. The summed E-state index contributed by atoms with van der Waals surface area (Å²) >= 11 is 0. The van der Waals surface area contributed by atoms with E-state index in [2.05, 4.69) is 316 Å². The van der Waals surface area contributed by atoms with Crippen LogP contribution in [-0.2, 0) is 21.7 Å². The van der Waals surface area contributed by atoms with Crippen molar-refractivity contribution in [2.24, 2.45) is 0 Å². The first-order valence-electron chi connectivity index (χ1n) is 37.7. The largest absolute Gasteiger partial charge is 0.308 e. The molecule has 0 unspecified atom stereocenters. The summed E-state index contributed by atoms with van der Waals surface area (Å²) in [6.07, 6.45) is 7.53. The van der Waals surface area contributed by atoms with E-state index in [4.69, 9.17) is 39.9 Å². The highest BCUT2D eigenvalue weighted by molar-refractivity contribution is 6.33. The average Bonchev–Trinajstić information content (AvgIpc) is 0.694. The van der Waals surface area contributed by atoms with Gasteiger partial charge in [-0.3, -0.25) is 19.9 Å². The Balaban J connectivity index is 1.15. The molecule has 0 saturated carbocycles. The van der Waals surface area contributed by atoms with Gasteiger partial charge in [-0.05, 0) is 208 Å². The Kier molecular flexibility index (Phi) is 17.0. The van der Waals surface area contributed by atoms with Crippen LogP contribution >= 0.6 is 0 Å². The van der Waals surface area contributed by atoms with Gasteiger partial charge in [-0.15, -0.1) is 0 Å². The first kappa shape index (κ1) is 70.5. The second kappa shape index (κ2) is 26.0. The molecule has 8 heterocycles. The van der Waals surface area contributed by atoms with Gasteiger partial charge in [0.25, 0.3) is 0 Å². The molecule has 0 saturated heterocycles. The Morgan fingerprint density at radius 1 is 0.241 bits per heavy atom. The molecule has 0 spiro atoms. The zero-order valence-corrected chi connectivity index (χ0v) is 66.0. The molecule has 0 N–H and O–H groups in total. The minimum atomic E-state index is -0.126. The van der Waals surface area contributed by atoms with Gasteiger partial charge < -0.3 is 19.6 Å². The van der Waals surface area contributed by atoms with Crippen LogP contribution in [0.25, 0.3) is 76.5 Å². The van der Waals surface area contributed by atoms with E-state index in [9.17, 15) is 0 Å². The highest BCUT2D eigenvalue weighted by Gasteiger charge is 2.35. The third kappa shape index (κ3) is 11.9. The van der Waals surface area contributed by atoms with Crippen molar-refractivity contribution in [3.8, 4) is 0 Å². The van der Waals surface area contributed by atoms with E-state index in [0.717, 1.165) is 190 Å². The number of benzene rings is 8. The summed E-state index contributed by atoms with van der Waals surface area (Å²) in [5.74, 6) is 0. The van der Waals surface area contributed by atoms with Gasteiger partial charge in [-0.1, -0.05) is 156 Å². The smallest absolute Gasteiger partial charge is 0.0936 e. The fourth-order valence-corrected chi connectivity index (χ4v) is 16.5. The van der Waals surface area contributed by atoms with Crippen molar-refractivity contribution in [1.29, 1.82) is 0 Å². The molecule has 0 amide bonds. The number of fused-ring (bicyclic) bond motifs is 4. The van der Waals surface area contributed by atoms with Crippen LogP contribution in [0.3, 0.4) is 0 Å². The highest BCUT2D eigenvalue weighted by Crippen LogP contribution is 2.58. The summed E-state index contributed by atoms with van der Waals surface area (Å²) in [4.78, 5) is 52.3. The van der Waals surface area contributed by atoms with Gasteiger partial charge in [0.05, 0.1) is 112 Å². The van der Waals surface area contributed by atoms with E-state index in [1.54, 1.807) is 0 Å². The molecule has 0 atom stereocenters. The lowest BCUT2D eigenvalue weighted by atomic mass is 9.86. The second-order valence-electron chi connectivity index (χ2n) is 33.6. The molecule has 0 aliphatic carbocycles. The monoisotopic (exact) mass is 1410 g/mol. The molecule has 0 fully saturated rings. The Labute approximate surface area is 634 Å². The Hall–Kier alpha value is -11.8. The summed E-state index contributed by atoms with van der Waals surface area (Å²) in [5, 5.41) is 6.22. The molecule has 8 aromatic carbocycles. The SMILES string of the molecule is Cc1nc2cccnc2c(C)c1N(c1ccc(C(C)(C)C)cc1)c1cc(N(c2ccc(C(C)(C)C)cc2)c2c(C)nc3cccnc3c2C)c2ccc3c(N(c4ccc(C(C)(C)C)cc4)c4c(C)nc5cccnc5c4C)cc(N(c4ccc(C(C)(C)C)cc4)c4c(C)nc5cccnc5c4C)c4ccc1c2c43. The van der Waals surface area contributed by atoms with E-state index in [1.807, 2.05) is 49.1 Å². The fourth-order valence-electron chi connectivity index (χ4n) is 16.5. The molecular weight excluding hydrogens is 1320 g/mol. The van der Waals surface area contributed by atoms with Crippen molar-refractivity contribution in [2.75, 3.05) is 19.6 Å². The van der Waals surface area contributed by atoms with E-state index in [-0.39, 0.29) is 21.7 Å². The first-order chi connectivity index (χ1) is 51.4. The van der Waals surface area contributed by atoms with Gasteiger partial charge in [0.2, 0.25) is 0 Å². The fraction of sp³-hybridized carbons (Fsp3) is 0.250. The van der Waals surface area contributed by atoms with Gasteiger partial charge in [-0.2, -0.15) is 0 Å². The topological polar surface area (TPSA) is 116 Å². The Morgan fingerprint density at radius 2 is 0.435 bits per heavy atom. The molecule has 0 aliphatic rings. The molecule has 0 aliphatic heterocycles. The van der Waals surface area contributed by atoms with Crippen molar-refractivity contribution in [1.82, 2.24) is 39.9 Å². The second-order valence-corrected chi connectivity index (χ2v) is 33.6. The van der Waals surface area contributed by atoms with E-state index >= 15 is 0 Å². The summed E-state index contributed by atoms with van der Waals surface area (Å²) in [7, 11) is 0.